The van der Waals surface area contributed by atoms with E-state index in [-0.39, 0.29) is 30.0 Å². The largest absolute Gasteiger partial charge is 0.505 e. The second-order valence-corrected chi connectivity index (χ2v) is 4.98. The summed E-state index contributed by atoms with van der Waals surface area (Å²) in [5, 5.41) is 12.0. The first-order valence-corrected chi connectivity index (χ1v) is 7.13. The minimum atomic E-state index is -0.590. The van der Waals surface area contributed by atoms with E-state index in [1.165, 1.54) is 18.3 Å². The molecule has 0 aromatic carbocycles. The summed E-state index contributed by atoms with van der Waals surface area (Å²) in [4.78, 5) is 29.5. The van der Waals surface area contributed by atoms with Crippen LogP contribution in [0.15, 0.2) is 18.3 Å². The number of carbonyl (C=O) groups excluding carboxylic acids is 2. The fourth-order valence-corrected chi connectivity index (χ4v) is 2.19. The Labute approximate surface area is 128 Å². The molecule has 120 valence electrons. The predicted molar refractivity (Wildman–Crippen MR) is 78.2 cm³/mol. The van der Waals surface area contributed by atoms with Crippen LogP contribution in [0.25, 0.3) is 0 Å². The number of nitrogens with one attached hydrogen (secondary N) is 1. The SMILES string of the molecule is NCC1CN(C(=O)CNC(=O)c2ncccc2O)CCCO1. The summed E-state index contributed by atoms with van der Waals surface area (Å²) in [6.45, 7) is 1.74. The van der Waals surface area contributed by atoms with Gasteiger partial charge in [-0.3, -0.25) is 9.59 Å². The van der Waals surface area contributed by atoms with Crippen LogP contribution in [0.2, 0.25) is 0 Å². The molecule has 2 amide bonds. The first-order valence-electron chi connectivity index (χ1n) is 7.13. The van der Waals surface area contributed by atoms with E-state index in [2.05, 4.69) is 10.3 Å². The summed E-state index contributed by atoms with van der Waals surface area (Å²) in [6.07, 6.45) is 1.95. The van der Waals surface area contributed by atoms with Crippen LogP contribution < -0.4 is 11.1 Å². The first-order chi connectivity index (χ1) is 10.6. The van der Waals surface area contributed by atoms with Crippen molar-refractivity contribution >= 4 is 11.8 Å². The Hall–Kier alpha value is -2.19. The molecule has 22 heavy (non-hydrogen) atoms. The molecule has 0 bridgehead atoms. The number of amides is 2. The van der Waals surface area contributed by atoms with Crippen molar-refractivity contribution in [2.75, 3.05) is 32.8 Å². The highest BCUT2D eigenvalue weighted by Gasteiger charge is 2.22. The number of nitrogens with two attached hydrogens (primary N) is 1. The minimum absolute atomic E-state index is 0.102. The molecule has 0 spiro atoms. The monoisotopic (exact) mass is 308 g/mol. The lowest BCUT2D eigenvalue weighted by Crippen LogP contribution is -2.44. The Morgan fingerprint density at radius 1 is 1.55 bits per heavy atom. The highest BCUT2D eigenvalue weighted by molar-refractivity contribution is 5.96. The van der Waals surface area contributed by atoms with Gasteiger partial charge in [0.25, 0.3) is 5.91 Å². The van der Waals surface area contributed by atoms with E-state index < -0.39 is 5.91 Å². The van der Waals surface area contributed by atoms with Crippen molar-refractivity contribution in [1.82, 2.24) is 15.2 Å². The van der Waals surface area contributed by atoms with E-state index in [0.717, 1.165) is 6.42 Å². The Morgan fingerprint density at radius 3 is 3.09 bits per heavy atom. The molecule has 1 atom stereocenters. The second kappa shape index (κ2) is 7.71. The van der Waals surface area contributed by atoms with Crippen LogP contribution >= 0.6 is 0 Å². The van der Waals surface area contributed by atoms with Crippen LogP contribution in [0.4, 0.5) is 0 Å². The average molecular weight is 308 g/mol. The maximum atomic E-state index is 12.2. The molecule has 1 unspecified atom stereocenters. The van der Waals surface area contributed by atoms with Crippen LogP contribution in [0.5, 0.6) is 5.75 Å². The highest BCUT2D eigenvalue weighted by atomic mass is 16.5. The van der Waals surface area contributed by atoms with Gasteiger partial charge in [0.05, 0.1) is 12.6 Å². The molecule has 1 aromatic rings. The molecule has 4 N–H and O–H groups in total. The summed E-state index contributed by atoms with van der Waals surface area (Å²) in [6, 6.07) is 2.88. The van der Waals surface area contributed by atoms with Crippen molar-refractivity contribution in [3.05, 3.63) is 24.0 Å². The number of hydrogen-bond donors (Lipinski definition) is 3. The summed E-state index contributed by atoms with van der Waals surface area (Å²) in [5.74, 6) is -1.03. The molecule has 8 nitrogen and oxygen atoms in total. The maximum Gasteiger partial charge on any atom is 0.274 e. The molecule has 1 saturated heterocycles. The third-order valence-corrected chi connectivity index (χ3v) is 3.37. The zero-order valence-electron chi connectivity index (χ0n) is 12.2. The van der Waals surface area contributed by atoms with Gasteiger partial charge in [-0.15, -0.1) is 0 Å². The van der Waals surface area contributed by atoms with Gasteiger partial charge in [0.1, 0.15) is 5.75 Å². The van der Waals surface area contributed by atoms with Crippen LogP contribution in [-0.4, -0.2) is 65.7 Å². The molecular weight excluding hydrogens is 288 g/mol. The Balaban J connectivity index is 1.89. The van der Waals surface area contributed by atoms with Crippen molar-refractivity contribution in [3.8, 4) is 5.75 Å². The standard InChI is InChI=1S/C14H20N4O4/c15-7-10-9-18(5-2-6-22-10)12(20)8-17-14(21)13-11(19)3-1-4-16-13/h1,3-4,10,19H,2,5-9,15H2,(H,17,21). The van der Waals surface area contributed by atoms with Gasteiger partial charge < -0.3 is 25.8 Å². The smallest absolute Gasteiger partial charge is 0.274 e. The number of rotatable bonds is 4. The number of pyridine rings is 1. The summed E-state index contributed by atoms with van der Waals surface area (Å²) >= 11 is 0. The van der Waals surface area contributed by atoms with Gasteiger partial charge in [-0.1, -0.05) is 0 Å². The van der Waals surface area contributed by atoms with Crippen LogP contribution in [0.1, 0.15) is 16.9 Å². The van der Waals surface area contributed by atoms with Crippen molar-refractivity contribution in [2.24, 2.45) is 5.73 Å². The minimum Gasteiger partial charge on any atom is -0.505 e. The van der Waals surface area contributed by atoms with Gasteiger partial charge in [-0.2, -0.15) is 0 Å². The van der Waals surface area contributed by atoms with E-state index >= 15 is 0 Å². The number of hydrogen-bond acceptors (Lipinski definition) is 6. The zero-order valence-corrected chi connectivity index (χ0v) is 12.2. The number of aromatic hydroxyl groups is 1. The molecule has 1 aliphatic heterocycles. The van der Waals surface area contributed by atoms with Gasteiger partial charge in [-0.05, 0) is 18.6 Å². The van der Waals surface area contributed by atoms with Gasteiger partial charge in [0.2, 0.25) is 5.91 Å². The Kier molecular flexibility index (Phi) is 5.68. The van der Waals surface area contributed by atoms with Crippen molar-refractivity contribution in [1.29, 1.82) is 0 Å². The fourth-order valence-electron chi connectivity index (χ4n) is 2.19. The van der Waals surface area contributed by atoms with E-state index in [1.54, 1.807) is 4.90 Å². The third kappa shape index (κ3) is 4.15. The summed E-state index contributed by atoms with van der Waals surface area (Å²) < 4.78 is 5.49. The zero-order chi connectivity index (χ0) is 15.9. The molecule has 0 aliphatic carbocycles. The molecular formula is C14H20N4O4. The second-order valence-electron chi connectivity index (χ2n) is 4.98. The number of carbonyl (C=O) groups is 2. The van der Waals surface area contributed by atoms with Gasteiger partial charge >= 0.3 is 0 Å². The lowest BCUT2D eigenvalue weighted by molar-refractivity contribution is -0.130. The average Bonchev–Trinajstić information content (AvgIpc) is 2.78. The molecule has 2 rings (SSSR count). The topological polar surface area (TPSA) is 118 Å². The predicted octanol–water partition coefficient (Wildman–Crippen LogP) is -0.907. The fraction of sp³-hybridized carbons (Fsp3) is 0.500. The lowest BCUT2D eigenvalue weighted by Gasteiger charge is -2.23. The number of ether oxygens (including phenoxy) is 1. The summed E-state index contributed by atoms with van der Waals surface area (Å²) in [7, 11) is 0. The quantitative estimate of drug-likeness (QED) is 0.663. The third-order valence-electron chi connectivity index (χ3n) is 3.37. The maximum absolute atomic E-state index is 12.2. The Bertz CT molecular complexity index is 537. The van der Waals surface area contributed by atoms with E-state index in [9.17, 15) is 14.7 Å². The molecule has 8 heteroatoms. The molecule has 1 fully saturated rings. The Morgan fingerprint density at radius 2 is 2.36 bits per heavy atom. The molecule has 2 heterocycles. The normalized spacial score (nSPS) is 18.6. The van der Waals surface area contributed by atoms with Crippen molar-refractivity contribution in [2.45, 2.75) is 12.5 Å². The molecule has 0 saturated carbocycles. The summed E-state index contributed by atoms with van der Waals surface area (Å²) in [5.41, 5.74) is 5.48. The van der Waals surface area contributed by atoms with Crippen molar-refractivity contribution < 1.29 is 19.4 Å². The van der Waals surface area contributed by atoms with Gasteiger partial charge in [-0.25, -0.2) is 4.98 Å². The van der Waals surface area contributed by atoms with Crippen LogP contribution in [-0.2, 0) is 9.53 Å². The first kappa shape index (κ1) is 16.2. The van der Waals surface area contributed by atoms with Gasteiger partial charge in [0, 0.05) is 32.4 Å². The van der Waals surface area contributed by atoms with E-state index in [1.807, 2.05) is 0 Å². The van der Waals surface area contributed by atoms with E-state index in [4.69, 9.17) is 10.5 Å². The molecule has 0 radical (unpaired) electrons. The van der Waals surface area contributed by atoms with Crippen molar-refractivity contribution in [3.63, 3.8) is 0 Å². The molecule has 1 aromatic heterocycles. The van der Waals surface area contributed by atoms with Crippen LogP contribution in [0.3, 0.4) is 0 Å². The van der Waals surface area contributed by atoms with Crippen LogP contribution in [0, 0.1) is 0 Å². The van der Waals surface area contributed by atoms with E-state index in [0.29, 0.717) is 26.2 Å². The van der Waals surface area contributed by atoms with Gasteiger partial charge in [0.15, 0.2) is 5.69 Å². The molecule has 1 aliphatic rings. The number of nitrogens with zero attached hydrogens (tertiary/aromatic N) is 2. The number of aromatic nitrogens is 1. The highest BCUT2D eigenvalue weighted by Crippen LogP contribution is 2.12. The lowest BCUT2D eigenvalue weighted by atomic mass is 10.3.